The normalized spacial score (nSPS) is 19.1. The highest BCUT2D eigenvalue weighted by molar-refractivity contribution is 5.80. The lowest BCUT2D eigenvalue weighted by Gasteiger charge is -2.17. The van der Waals surface area contributed by atoms with Crippen molar-refractivity contribution in [3.63, 3.8) is 0 Å². The Hall–Kier alpha value is -2.89. The Morgan fingerprint density at radius 2 is 1.93 bits per heavy atom. The van der Waals surface area contributed by atoms with Gasteiger partial charge in [-0.1, -0.05) is 18.2 Å². The molecule has 3 rings (SSSR count). The van der Waals surface area contributed by atoms with Crippen molar-refractivity contribution in [3.8, 4) is 0 Å². The van der Waals surface area contributed by atoms with E-state index < -0.39 is 11.9 Å². The summed E-state index contributed by atoms with van der Waals surface area (Å²) in [5.74, 6) is -1.65. The summed E-state index contributed by atoms with van der Waals surface area (Å²) >= 11 is 0. The molecule has 0 unspecified atom stereocenters. The van der Waals surface area contributed by atoms with Crippen LogP contribution in [0.4, 0.5) is 5.69 Å². The van der Waals surface area contributed by atoms with E-state index in [1.54, 1.807) is 23.4 Å². The number of pyridine rings is 1. The number of carboxylic acids is 1. The van der Waals surface area contributed by atoms with Gasteiger partial charge in [-0.2, -0.15) is 0 Å². The highest BCUT2D eigenvalue weighted by atomic mass is 16.4. The van der Waals surface area contributed by atoms with E-state index in [1.807, 2.05) is 49.3 Å². The monoisotopic (exact) mass is 367 g/mol. The number of benzene rings is 1. The number of anilines is 1. The first kappa shape index (κ1) is 18.9. The third kappa shape index (κ3) is 4.45. The Bertz CT molecular complexity index is 790. The number of amides is 1. The van der Waals surface area contributed by atoms with Crippen molar-refractivity contribution in [2.24, 2.45) is 5.92 Å². The van der Waals surface area contributed by atoms with Crippen LogP contribution in [-0.4, -0.2) is 54.1 Å². The number of nitrogens with zero attached hydrogens (tertiary/aromatic N) is 3. The van der Waals surface area contributed by atoms with Crippen molar-refractivity contribution < 1.29 is 14.7 Å². The van der Waals surface area contributed by atoms with Crippen LogP contribution in [0.2, 0.25) is 0 Å². The number of hydrogen-bond donors (Lipinski definition) is 1. The fourth-order valence-electron chi connectivity index (χ4n) is 3.56. The average molecular weight is 367 g/mol. The van der Waals surface area contributed by atoms with Gasteiger partial charge < -0.3 is 14.9 Å². The van der Waals surface area contributed by atoms with Crippen molar-refractivity contribution in [2.75, 3.05) is 32.1 Å². The molecule has 1 fully saturated rings. The second-order valence-corrected chi connectivity index (χ2v) is 7.20. The van der Waals surface area contributed by atoms with Gasteiger partial charge >= 0.3 is 5.97 Å². The molecule has 2 aromatic rings. The molecule has 6 heteroatoms. The van der Waals surface area contributed by atoms with Crippen molar-refractivity contribution in [1.29, 1.82) is 0 Å². The van der Waals surface area contributed by atoms with Gasteiger partial charge in [-0.3, -0.25) is 14.6 Å². The fourth-order valence-corrected chi connectivity index (χ4v) is 3.56. The summed E-state index contributed by atoms with van der Waals surface area (Å²) in [5, 5.41) is 9.56. The summed E-state index contributed by atoms with van der Waals surface area (Å²) in [6.07, 6.45) is 4.39. The maximum atomic E-state index is 12.6. The molecule has 6 nitrogen and oxygen atoms in total. The number of aliphatic carboxylic acids is 1. The molecule has 0 saturated carbocycles. The second-order valence-electron chi connectivity index (χ2n) is 7.20. The zero-order valence-electron chi connectivity index (χ0n) is 15.7. The predicted molar refractivity (Wildman–Crippen MR) is 104 cm³/mol. The fraction of sp³-hybridized carbons (Fsp3) is 0.381. The van der Waals surface area contributed by atoms with Crippen molar-refractivity contribution in [1.82, 2.24) is 9.88 Å². The zero-order chi connectivity index (χ0) is 19.4. The van der Waals surface area contributed by atoms with Crippen LogP contribution in [0.15, 0.2) is 48.8 Å². The summed E-state index contributed by atoms with van der Waals surface area (Å²) < 4.78 is 0. The van der Waals surface area contributed by atoms with Crippen LogP contribution in [0.1, 0.15) is 23.5 Å². The van der Waals surface area contributed by atoms with E-state index in [1.165, 1.54) is 0 Å². The van der Waals surface area contributed by atoms with Gasteiger partial charge in [0.2, 0.25) is 5.91 Å². The number of aryl methyl sites for hydroxylation is 1. The van der Waals surface area contributed by atoms with E-state index in [0.29, 0.717) is 19.4 Å². The number of rotatable bonds is 6. The number of carbonyl (C=O) groups excluding carboxylic acids is 1. The van der Waals surface area contributed by atoms with Gasteiger partial charge in [-0.05, 0) is 35.7 Å². The highest BCUT2D eigenvalue weighted by Crippen LogP contribution is 2.33. The molecular weight excluding hydrogens is 342 g/mol. The van der Waals surface area contributed by atoms with Gasteiger partial charge in [0.15, 0.2) is 0 Å². The standard InChI is InChI=1S/C21H25N3O3/c1-23(2)17-8-5-15(6-9-17)7-10-20(25)24-13-18(19(14-24)21(26)27)16-4-3-11-22-12-16/h3-6,8-9,11-12,18-19H,7,10,13-14H2,1-2H3,(H,26,27)/t18-,19+/m0/s1. The van der Waals surface area contributed by atoms with Gasteiger partial charge in [0, 0.05) is 57.6 Å². The van der Waals surface area contributed by atoms with Gasteiger partial charge in [0.25, 0.3) is 0 Å². The van der Waals surface area contributed by atoms with Crippen LogP contribution >= 0.6 is 0 Å². The molecular formula is C21H25N3O3. The van der Waals surface area contributed by atoms with Crippen LogP contribution in [0.5, 0.6) is 0 Å². The molecule has 2 heterocycles. The second kappa shape index (κ2) is 8.20. The highest BCUT2D eigenvalue weighted by Gasteiger charge is 2.40. The number of carbonyl (C=O) groups is 2. The van der Waals surface area contributed by atoms with Crippen LogP contribution in [0, 0.1) is 5.92 Å². The molecule has 0 bridgehead atoms. The van der Waals surface area contributed by atoms with Gasteiger partial charge in [-0.15, -0.1) is 0 Å². The summed E-state index contributed by atoms with van der Waals surface area (Å²) in [5.41, 5.74) is 3.10. The SMILES string of the molecule is CN(C)c1ccc(CCC(=O)N2C[C@@H](C(=O)O)[C@H](c3cccnc3)C2)cc1. The molecule has 0 aliphatic carbocycles. The number of hydrogen-bond acceptors (Lipinski definition) is 4. The Labute approximate surface area is 159 Å². The maximum Gasteiger partial charge on any atom is 0.308 e. The molecule has 1 aliphatic rings. The minimum atomic E-state index is -0.863. The van der Waals surface area contributed by atoms with E-state index >= 15 is 0 Å². The quantitative estimate of drug-likeness (QED) is 0.849. The van der Waals surface area contributed by atoms with E-state index in [0.717, 1.165) is 16.8 Å². The largest absolute Gasteiger partial charge is 0.481 e. The number of aromatic nitrogens is 1. The van der Waals surface area contributed by atoms with E-state index in [-0.39, 0.29) is 18.4 Å². The molecule has 1 amide bonds. The third-order valence-electron chi connectivity index (χ3n) is 5.18. The van der Waals surface area contributed by atoms with Crippen molar-refractivity contribution in [3.05, 3.63) is 59.9 Å². The lowest BCUT2D eigenvalue weighted by molar-refractivity contribution is -0.141. The molecule has 0 radical (unpaired) electrons. The molecule has 2 atom stereocenters. The zero-order valence-corrected chi connectivity index (χ0v) is 15.7. The van der Waals surface area contributed by atoms with Gasteiger partial charge in [0.05, 0.1) is 5.92 Å². The molecule has 1 aromatic heterocycles. The van der Waals surface area contributed by atoms with Crippen LogP contribution in [0.3, 0.4) is 0 Å². The summed E-state index contributed by atoms with van der Waals surface area (Å²) in [6, 6.07) is 11.8. The molecule has 142 valence electrons. The molecule has 27 heavy (non-hydrogen) atoms. The summed E-state index contributed by atoms with van der Waals surface area (Å²) in [7, 11) is 3.98. The predicted octanol–water partition coefficient (Wildman–Crippen LogP) is 2.41. The molecule has 1 aromatic carbocycles. The molecule has 1 saturated heterocycles. The number of carboxylic acid groups (broad SMARTS) is 1. The Morgan fingerprint density at radius 1 is 1.19 bits per heavy atom. The Balaban J connectivity index is 1.62. The topological polar surface area (TPSA) is 73.7 Å². The lowest BCUT2D eigenvalue weighted by atomic mass is 9.90. The van der Waals surface area contributed by atoms with E-state index in [2.05, 4.69) is 4.98 Å². The van der Waals surface area contributed by atoms with Crippen LogP contribution in [0.25, 0.3) is 0 Å². The molecule has 0 spiro atoms. The first-order valence-corrected chi connectivity index (χ1v) is 9.12. The number of likely N-dealkylation sites (tertiary alicyclic amines) is 1. The first-order valence-electron chi connectivity index (χ1n) is 9.12. The van der Waals surface area contributed by atoms with Gasteiger partial charge in [0.1, 0.15) is 0 Å². The first-order chi connectivity index (χ1) is 13.0. The molecule has 1 aliphatic heterocycles. The van der Waals surface area contributed by atoms with Gasteiger partial charge in [-0.25, -0.2) is 0 Å². The summed E-state index contributed by atoms with van der Waals surface area (Å²) in [4.78, 5) is 32.1. The van der Waals surface area contributed by atoms with E-state index in [9.17, 15) is 14.7 Å². The van der Waals surface area contributed by atoms with Crippen LogP contribution in [-0.2, 0) is 16.0 Å². The summed E-state index contributed by atoms with van der Waals surface area (Å²) in [6.45, 7) is 0.689. The molecule has 1 N–H and O–H groups in total. The average Bonchev–Trinajstić information content (AvgIpc) is 3.13. The maximum absolute atomic E-state index is 12.6. The van der Waals surface area contributed by atoms with Crippen molar-refractivity contribution >= 4 is 17.6 Å². The smallest absolute Gasteiger partial charge is 0.308 e. The van der Waals surface area contributed by atoms with E-state index in [4.69, 9.17) is 0 Å². The minimum Gasteiger partial charge on any atom is -0.481 e. The Morgan fingerprint density at radius 3 is 2.52 bits per heavy atom. The third-order valence-corrected chi connectivity index (χ3v) is 5.18. The van der Waals surface area contributed by atoms with Crippen molar-refractivity contribution in [2.45, 2.75) is 18.8 Å². The van der Waals surface area contributed by atoms with Crippen LogP contribution < -0.4 is 4.90 Å². The minimum absolute atomic E-state index is 0.00401. The lowest BCUT2D eigenvalue weighted by Crippen LogP contribution is -2.30. The Kier molecular flexibility index (Phi) is 5.74.